The molecule has 20 heavy (non-hydrogen) atoms. The zero-order valence-corrected chi connectivity index (χ0v) is 11.3. The number of aromatic nitrogens is 1. The SMILES string of the molecule is COc1ccc(C(=O)NC(C)c2cccnc2)c(F)c1. The highest BCUT2D eigenvalue weighted by Crippen LogP contribution is 2.17. The second-order valence-corrected chi connectivity index (χ2v) is 4.33. The van der Waals surface area contributed by atoms with Crippen molar-refractivity contribution in [2.45, 2.75) is 13.0 Å². The van der Waals surface area contributed by atoms with Crippen molar-refractivity contribution in [1.82, 2.24) is 10.3 Å². The Kier molecular flexibility index (Phi) is 4.30. The predicted octanol–water partition coefficient (Wildman–Crippen LogP) is 2.72. The van der Waals surface area contributed by atoms with Gasteiger partial charge in [0.1, 0.15) is 11.6 Å². The standard InChI is InChI=1S/C15H15FN2O2/c1-10(11-4-3-7-17-9-11)18-15(19)13-6-5-12(20-2)8-14(13)16/h3-10H,1-2H3,(H,18,19). The van der Waals surface area contributed by atoms with E-state index in [1.807, 2.05) is 13.0 Å². The lowest BCUT2D eigenvalue weighted by Gasteiger charge is -2.14. The molecular formula is C15H15FN2O2. The normalized spacial score (nSPS) is 11.8. The summed E-state index contributed by atoms with van der Waals surface area (Å²) >= 11 is 0. The quantitative estimate of drug-likeness (QED) is 0.932. The fourth-order valence-corrected chi connectivity index (χ4v) is 1.80. The summed E-state index contributed by atoms with van der Waals surface area (Å²) < 4.78 is 18.7. The summed E-state index contributed by atoms with van der Waals surface area (Å²) in [7, 11) is 1.44. The first-order valence-electron chi connectivity index (χ1n) is 6.16. The van der Waals surface area contributed by atoms with Crippen molar-refractivity contribution >= 4 is 5.91 Å². The lowest BCUT2D eigenvalue weighted by atomic mass is 10.1. The Morgan fingerprint density at radius 2 is 2.20 bits per heavy atom. The maximum atomic E-state index is 13.8. The summed E-state index contributed by atoms with van der Waals surface area (Å²) in [5.41, 5.74) is 0.844. The smallest absolute Gasteiger partial charge is 0.254 e. The summed E-state index contributed by atoms with van der Waals surface area (Å²) in [4.78, 5) is 16.0. The molecule has 0 bridgehead atoms. The molecule has 1 heterocycles. The monoisotopic (exact) mass is 274 g/mol. The lowest BCUT2D eigenvalue weighted by molar-refractivity contribution is 0.0935. The molecule has 1 aromatic carbocycles. The van der Waals surface area contributed by atoms with Gasteiger partial charge in [-0.3, -0.25) is 9.78 Å². The van der Waals surface area contributed by atoms with Gasteiger partial charge >= 0.3 is 0 Å². The maximum Gasteiger partial charge on any atom is 0.254 e. The zero-order chi connectivity index (χ0) is 14.5. The highest BCUT2D eigenvalue weighted by Gasteiger charge is 2.15. The molecule has 0 fully saturated rings. The number of rotatable bonds is 4. The van der Waals surface area contributed by atoms with Crippen LogP contribution >= 0.6 is 0 Å². The van der Waals surface area contributed by atoms with Crippen LogP contribution < -0.4 is 10.1 Å². The Hall–Kier alpha value is -2.43. The number of amides is 1. The van der Waals surface area contributed by atoms with Crippen molar-refractivity contribution in [3.8, 4) is 5.75 Å². The van der Waals surface area contributed by atoms with E-state index in [0.29, 0.717) is 5.75 Å². The fraction of sp³-hybridized carbons (Fsp3) is 0.200. The van der Waals surface area contributed by atoms with Crippen LogP contribution in [0.15, 0.2) is 42.7 Å². The van der Waals surface area contributed by atoms with Crippen LogP contribution in [0.1, 0.15) is 28.9 Å². The van der Waals surface area contributed by atoms with Crippen LogP contribution in [0.2, 0.25) is 0 Å². The van der Waals surface area contributed by atoms with Crippen LogP contribution in [-0.2, 0) is 0 Å². The second-order valence-electron chi connectivity index (χ2n) is 4.33. The van der Waals surface area contributed by atoms with E-state index in [1.54, 1.807) is 24.5 Å². The third kappa shape index (κ3) is 3.12. The summed E-state index contributed by atoms with van der Waals surface area (Å²) in [6.07, 6.45) is 3.32. The molecule has 5 heteroatoms. The largest absolute Gasteiger partial charge is 0.497 e. The van der Waals surface area contributed by atoms with Gasteiger partial charge in [0.05, 0.1) is 18.7 Å². The molecule has 1 atom stereocenters. The molecule has 0 aliphatic rings. The molecule has 1 aromatic heterocycles. The fourth-order valence-electron chi connectivity index (χ4n) is 1.80. The van der Waals surface area contributed by atoms with E-state index in [2.05, 4.69) is 10.3 Å². The highest BCUT2D eigenvalue weighted by molar-refractivity contribution is 5.94. The van der Waals surface area contributed by atoms with Gasteiger partial charge in [-0.15, -0.1) is 0 Å². The minimum atomic E-state index is -0.611. The van der Waals surface area contributed by atoms with Crippen LogP contribution in [0.4, 0.5) is 4.39 Å². The van der Waals surface area contributed by atoms with Gasteiger partial charge in [-0.2, -0.15) is 0 Å². The lowest BCUT2D eigenvalue weighted by Crippen LogP contribution is -2.27. The number of carbonyl (C=O) groups is 1. The van der Waals surface area contributed by atoms with Crippen molar-refractivity contribution < 1.29 is 13.9 Å². The van der Waals surface area contributed by atoms with Gasteiger partial charge in [0.2, 0.25) is 0 Å². The summed E-state index contributed by atoms with van der Waals surface area (Å²) in [5, 5.41) is 2.73. The number of hydrogen-bond acceptors (Lipinski definition) is 3. The molecule has 0 aliphatic carbocycles. The number of nitrogens with zero attached hydrogens (tertiary/aromatic N) is 1. The van der Waals surface area contributed by atoms with E-state index in [1.165, 1.54) is 19.2 Å². The molecule has 0 spiro atoms. The van der Waals surface area contributed by atoms with Crippen molar-refractivity contribution in [2.75, 3.05) is 7.11 Å². The maximum absolute atomic E-state index is 13.8. The second kappa shape index (κ2) is 6.14. The Bertz CT molecular complexity index is 602. The van der Waals surface area contributed by atoms with Crippen LogP contribution in [-0.4, -0.2) is 18.0 Å². The molecule has 0 aliphatic heterocycles. The molecule has 2 aromatic rings. The number of carbonyl (C=O) groups excluding carboxylic acids is 1. The third-order valence-electron chi connectivity index (χ3n) is 2.95. The topological polar surface area (TPSA) is 51.2 Å². The van der Waals surface area contributed by atoms with Crippen LogP contribution in [0.3, 0.4) is 0 Å². The Morgan fingerprint density at radius 1 is 1.40 bits per heavy atom. The van der Waals surface area contributed by atoms with Crippen molar-refractivity contribution in [2.24, 2.45) is 0 Å². The van der Waals surface area contributed by atoms with Gasteiger partial charge < -0.3 is 10.1 Å². The average molecular weight is 274 g/mol. The highest BCUT2D eigenvalue weighted by atomic mass is 19.1. The molecule has 1 amide bonds. The number of methoxy groups -OCH3 is 1. The van der Waals surface area contributed by atoms with Crippen molar-refractivity contribution in [3.63, 3.8) is 0 Å². The Balaban J connectivity index is 2.12. The molecular weight excluding hydrogens is 259 g/mol. The number of halogens is 1. The van der Waals surface area contributed by atoms with Gasteiger partial charge in [-0.05, 0) is 30.7 Å². The molecule has 0 saturated heterocycles. The number of pyridine rings is 1. The summed E-state index contributed by atoms with van der Waals surface area (Å²) in [6.45, 7) is 1.82. The number of nitrogens with one attached hydrogen (secondary N) is 1. The Labute approximate surface area is 116 Å². The molecule has 1 unspecified atom stereocenters. The van der Waals surface area contributed by atoms with E-state index in [4.69, 9.17) is 4.74 Å². The Morgan fingerprint density at radius 3 is 2.80 bits per heavy atom. The van der Waals surface area contributed by atoms with Gasteiger partial charge in [-0.25, -0.2) is 4.39 Å². The van der Waals surface area contributed by atoms with Crippen LogP contribution in [0.5, 0.6) is 5.75 Å². The third-order valence-corrected chi connectivity index (χ3v) is 2.95. The van der Waals surface area contributed by atoms with E-state index in [9.17, 15) is 9.18 Å². The molecule has 0 saturated carbocycles. The number of hydrogen-bond donors (Lipinski definition) is 1. The summed E-state index contributed by atoms with van der Waals surface area (Å²) in [6, 6.07) is 7.52. The van der Waals surface area contributed by atoms with E-state index in [-0.39, 0.29) is 11.6 Å². The molecule has 4 nitrogen and oxygen atoms in total. The molecule has 2 rings (SSSR count). The van der Waals surface area contributed by atoms with Crippen LogP contribution in [0.25, 0.3) is 0 Å². The van der Waals surface area contributed by atoms with Crippen molar-refractivity contribution in [1.29, 1.82) is 0 Å². The number of ether oxygens (including phenoxy) is 1. The molecule has 1 N–H and O–H groups in total. The van der Waals surface area contributed by atoms with Gasteiger partial charge in [0.25, 0.3) is 5.91 Å². The van der Waals surface area contributed by atoms with E-state index >= 15 is 0 Å². The first kappa shape index (κ1) is 14.0. The number of benzene rings is 1. The van der Waals surface area contributed by atoms with Crippen LogP contribution in [0, 0.1) is 5.82 Å². The van der Waals surface area contributed by atoms with Gasteiger partial charge in [0, 0.05) is 18.5 Å². The minimum absolute atomic E-state index is 0.0125. The zero-order valence-electron chi connectivity index (χ0n) is 11.3. The molecule has 0 radical (unpaired) electrons. The summed E-state index contributed by atoms with van der Waals surface area (Å²) in [5.74, 6) is -0.707. The minimum Gasteiger partial charge on any atom is -0.497 e. The first-order chi connectivity index (χ1) is 9.61. The molecule has 104 valence electrons. The van der Waals surface area contributed by atoms with E-state index in [0.717, 1.165) is 5.56 Å². The first-order valence-corrected chi connectivity index (χ1v) is 6.16. The predicted molar refractivity (Wildman–Crippen MR) is 73.1 cm³/mol. The van der Waals surface area contributed by atoms with Gasteiger partial charge in [-0.1, -0.05) is 6.07 Å². The average Bonchev–Trinajstić information content (AvgIpc) is 2.47. The van der Waals surface area contributed by atoms with Gasteiger partial charge in [0.15, 0.2) is 0 Å². The van der Waals surface area contributed by atoms with E-state index < -0.39 is 11.7 Å². The van der Waals surface area contributed by atoms with Crippen molar-refractivity contribution in [3.05, 3.63) is 59.7 Å².